The van der Waals surface area contributed by atoms with Crippen molar-refractivity contribution in [2.45, 2.75) is 13.3 Å². The summed E-state index contributed by atoms with van der Waals surface area (Å²) in [5, 5.41) is 2.35. The van der Waals surface area contributed by atoms with Crippen LogP contribution < -0.4 is 9.47 Å². The average Bonchev–Trinajstić information content (AvgIpc) is 3.26. The molecule has 2 aliphatic rings. The average molecular weight is 419 g/mol. The number of aromatic nitrogens is 1. The maximum Gasteiger partial charge on any atom is 0.573 e. The van der Waals surface area contributed by atoms with Crippen LogP contribution in [-0.4, -0.2) is 17.3 Å². The minimum absolute atomic E-state index is 0.280. The zero-order valence-corrected chi connectivity index (χ0v) is 15.6. The summed E-state index contributed by atoms with van der Waals surface area (Å²) in [4.78, 5) is 16.1. The van der Waals surface area contributed by atoms with Crippen LogP contribution in [0.4, 0.5) is 13.2 Å². The molecular formula is C20H12F3NO4S. The van der Waals surface area contributed by atoms with Gasteiger partial charge in [-0.1, -0.05) is 0 Å². The Bertz CT molecular complexity index is 1130. The molecule has 0 fully saturated rings. The van der Waals surface area contributed by atoms with E-state index in [-0.39, 0.29) is 11.5 Å². The number of esters is 1. The second-order valence-electron chi connectivity index (χ2n) is 5.99. The van der Waals surface area contributed by atoms with Crippen molar-refractivity contribution < 1.29 is 31.9 Å². The van der Waals surface area contributed by atoms with E-state index in [9.17, 15) is 18.0 Å². The number of hydrogen-bond donors (Lipinski definition) is 0. The molecule has 0 spiro atoms. The fraction of sp³-hybridized carbons (Fsp3) is 0.100. The Morgan fingerprint density at radius 2 is 1.90 bits per heavy atom. The predicted molar refractivity (Wildman–Crippen MR) is 99.9 cm³/mol. The highest BCUT2D eigenvalue weighted by atomic mass is 32.1. The zero-order chi connectivity index (χ0) is 20.6. The van der Waals surface area contributed by atoms with Crippen LogP contribution in [0.5, 0.6) is 11.5 Å². The van der Waals surface area contributed by atoms with Gasteiger partial charge in [0.1, 0.15) is 10.8 Å². The topological polar surface area (TPSA) is 61.6 Å². The van der Waals surface area contributed by atoms with E-state index in [1.54, 1.807) is 17.5 Å². The lowest BCUT2D eigenvalue weighted by Crippen LogP contribution is -2.16. The van der Waals surface area contributed by atoms with Crippen molar-refractivity contribution in [1.29, 1.82) is 0 Å². The number of nitrogens with zero attached hydrogens (tertiary/aromatic N) is 1. The van der Waals surface area contributed by atoms with Crippen molar-refractivity contribution in [3.05, 3.63) is 54.1 Å². The molecule has 4 rings (SSSR count). The number of halogens is 3. The van der Waals surface area contributed by atoms with Gasteiger partial charge in [0, 0.05) is 23.4 Å². The molecule has 0 saturated carbocycles. The van der Waals surface area contributed by atoms with Crippen LogP contribution in [0.1, 0.15) is 6.92 Å². The third-order valence-electron chi connectivity index (χ3n) is 3.92. The molecule has 0 atom stereocenters. The summed E-state index contributed by atoms with van der Waals surface area (Å²) in [5.41, 5.74) is 2.54. The molecule has 0 unspecified atom stereocenters. The summed E-state index contributed by atoms with van der Waals surface area (Å²) < 4.78 is 51.6. The molecule has 2 heterocycles. The molecule has 0 radical (unpaired) electrons. The standard InChI is InChI=1S/C20H12F3NO4S/c1-11(25)27-18-15(9-13-3-2-8-26-17(13)18)19-24-16(10-29-19)12-4-6-14(7-5-12)28-20(21,22)23/h2-10H,1H3. The van der Waals surface area contributed by atoms with Gasteiger partial charge >= 0.3 is 12.3 Å². The highest BCUT2D eigenvalue weighted by molar-refractivity contribution is 7.13. The van der Waals surface area contributed by atoms with E-state index in [2.05, 4.69) is 9.72 Å². The first-order valence-corrected chi connectivity index (χ1v) is 9.19. The molecule has 148 valence electrons. The number of carbonyl (C=O) groups excluding carboxylic acids is 1. The fourth-order valence-corrected chi connectivity index (χ4v) is 3.64. The van der Waals surface area contributed by atoms with Crippen LogP contribution in [0.25, 0.3) is 33.2 Å². The maximum atomic E-state index is 12.3. The van der Waals surface area contributed by atoms with E-state index in [0.717, 1.165) is 5.56 Å². The van der Waals surface area contributed by atoms with Gasteiger partial charge in [0.25, 0.3) is 0 Å². The number of benzene rings is 1. The minimum Gasteiger partial charge on any atom is -0.460 e. The molecule has 9 heteroatoms. The molecular weight excluding hydrogens is 407 g/mol. The van der Waals surface area contributed by atoms with E-state index in [4.69, 9.17) is 9.15 Å². The number of alkyl halides is 3. The lowest BCUT2D eigenvalue weighted by Gasteiger charge is -2.08. The third kappa shape index (κ3) is 4.09. The van der Waals surface area contributed by atoms with Crippen LogP contribution in [0.3, 0.4) is 0 Å². The van der Waals surface area contributed by atoms with Crippen LogP contribution in [0, 0.1) is 0 Å². The van der Waals surface area contributed by atoms with E-state index in [1.807, 2.05) is 6.07 Å². The van der Waals surface area contributed by atoms with E-state index >= 15 is 0 Å². The van der Waals surface area contributed by atoms with Crippen LogP contribution in [-0.2, 0) is 4.79 Å². The van der Waals surface area contributed by atoms with Crippen molar-refractivity contribution >= 4 is 17.3 Å². The highest BCUT2D eigenvalue weighted by Gasteiger charge is 2.31. The Morgan fingerprint density at radius 1 is 1.14 bits per heavy atom. The molecule has 0 N–H and O–H groups in total. The van der Waals surface area contributed by atoms with E-state index < -0.39 is 12.3 Å². The molecule has 1 aromatic heterocycles. The molecule has 0 amide bonds. The van der Waals surface area contributed by atoms with Gasteiger partial charge in [-0.15, -0.1) is 24.5 Å². The molecule has 29 heavy (non-hydrogen) atoms. The van der Waals surface area contributed by atoms with Crippen LogP contribution in [0.2, 0.25) is 0 Å². The smallest absolute Gasteiger partial charge is 0.460 e. The molecule has 5 nitrogen and oxygen atoms in total. The van der Waals surface area contributed by atoms with Gasteiger partial charge in [-0.05, 0) is 42.5 Å². The van der Waals surface area contributed by atoms with Crippen molar-refractivity contribution in [2.75, 3.05) is 0 Å². The van der Waals surface area contributed by atoms with Crippen LogP contribution in [0.15, 0.2) is 58.5 Å². The third-order valence-corrected chi connectivity index (χ3v) is 4.79. The van der Waals surface area contributed by atoms with E-state index in [0.29, 0.717) is 27.6 Å². The second-order valence-corrected chi connectivity index (χ2v) is 6.85. The molecule has 1 aromatic carbocycles. The normalized spacial score (nSPS) is 11.6. The quantitative estimate of drug-likeness (QED) is 0.380. The number of carbonyl (C=O) groups is 1. The number of fused-ring (bicyclic) bond motifs is 1. The van der Waals surface area contributed by atoms with Gasteiger partial charge in [0.2, 0.25) is 0 Å². The minimum atomic E-state index is -4.74. The monoisotopic (exact) mass is 419 g/mol. The van der Waals surface area contributed by atoms with Gasteiger partial charge in [0.15, 0.2) is 11.5 Å². The summed E-state index contributed by atoms with van der Waals surface area (Å²) in [6.45, 7) is 1.30. The SMILES string of the molecule is CC(=O)Oc1c(-c2nc(-c3ccc(OC(F)(F)F)cc3)cs2)cc2cccoc1-2. The molecule has 0 bridgehead atoms. The van der Waals surface area contributed by atoms with E-state index in [1.165, 1.54) is 48.8 Å². The first-order valence-electron chi connectivity index (χ1n) is 8.31. The Hall–Kier alpha value is -3.33. The summed E-state index contributed by atoms with van der Waals surface area (Å²) in [7, 11) is 0. The van der Waals surface area contributed by atoms with Gasteiger partial charge in [-0.2, -0.15) is 0 Å². The summed E-state index contributed by atoms with van der Waals surface area (Å²) >= 11 is 1.31. The highest BCUT2D eigenvalue weighted by Crippen LogP contribution is 2.45. The van der Waals surface area contributed by atoms with Crippen molar-refractivity contribution in [3.8, 4) is 44.7 Å². The lowest BCUT2D eigenvalue weighted by atomic mass is 10.2. The van der Waals surface area contributed by atoms with Crippen molar-refractivity contribution in [2.24, 2.45) is 0 Å². The predicted octanol–water partition coefficient (Wildman–Crippen LogP) is 6.00. The van der Waals surface area contributed by atoms with Gasteiger partial charge in [-0.25, -0.2) is 4.98 Å². The fourth-order valence-electron chi connectivity index (χ4n) is 2.80. The Kier molecular flexibility index (Phi) is 4.75. The Labute approximate surface area is 166 Å². The zero-order valence-electron chi connectivity index (χ0n) is 14.8. The molecule has 1 aliphatic carbocycles. The maximum absolute atomic E-state index is 12.3. The van der Waals surface area contributed by atoms with Gasteiger partial charge in [-0.3, -0.25) is 4.79 Å². The number of ether oxygens (including phenoxy) is 2. The Morgan fingerprint density at radius 3 is 2.59 bits per heavy atom. The van der Waals surface area contributed by atoms with Crippen LogP contribution >= 0.6 is 11.3 Å². The molecule has 1 aliphatic heterocycles. The first kappa shape index (κ1) is 19.0. The second kappa shape index (κ2) is 7.25. The number of rotatable bonds is 4. The van der Waals surface area contributed by atoms with Gasteiger partial charge < -0.3 is 13.9 Å². The largest absolute Gasteiger partial charge is 0.573 e. The summed E-state index contributed by atoms with van der Waals surface area (Å²) in [6, 6.07) is 10.8. The number of hydrogen-bond acceptors (Lipinski definition) is 6. The van der Waals surface area contributed by atoms with Gasteiger partial charge in [0.05, 0.1) is 17.5 Å². The van der Waals surface area contributed by atoms with Crippen molar-refractivity contribution in [1.82, 2.24) is 4.98 Å². The molecule has 2 aromatic rings. The Balaban J connectivity index is 1.68. The summed E-state index contributed by atoms with van der Waals surface area (Å²) in [5.74, 6) is -0.0846. The number of thiazole rings is 1. The first-order chi connectivity index (χ1) is 13.8. The lowest BCUT2D eigenvalue weighted by molar-refractivity contribution is -0.274. The van der Waals surface area contributed by atoms with Crippen molar-refractivity contribution in [3.63, 3.8) is 0 Å². The summed E-state index contributed by atoms with van der Waals surface area (Å²) in [6.07, 6.45) is -3.26. The molecule has 0 saturated heterocycles.